The monoisotopic (exact) mass is 295 g/mol. The number of esters is 1. The molecule has 0 saturated carbocycles. The second-order valence-corrected chi connectivity index (χ2v) is 5.03. The molecule has 0 spiro atoms. The number of carbonyl (C=O) groups excluding carboxylic acids is 1. The first-order chi connectivity index (χ1) is 10.8. The van der Waals surface area contributed by atoms with Gasteiger partial charge in [0.25, 0.3) is 0 Å². The number of anilines is 1. The molecule has 4 heteroatoms. The van der Waals surface area contributed by atoms with Crippen LogP contribution in [0.5, 0.6) is 5.75 Å². The largest absolute Gasteiger partial charge is 0.497 e. The lowest BCUT2D eigenvalue weighted by Gasteiger charge is -2.25. The Labute approximate surface area is 129 Å². The topological polar surface area (TPSA) is 47.6 Å². The average molecular weight is 295 g/mol. The van der Waals surface area contributed by atoms with Crippen molar-refractivity contribution in [1.29, 1.82) is 0 Å². The summed E-state index contributed by atoms with van der Waals surface area (Å²) >= 11 is 0. The first kappa shape index (κ1) is 14.2. The van der Waals surface area contributed by atoms with E-state index in [1.165, 1.54) is 6.08 Å². The van der Waals surface area contributed by atoms with E-state index >= 15 is 0 Å². The fourth-order valence-corrected chi connectivity index (χ4v) is 2.47. The van der Waals surface area contributed by atoms with Gasteiger partial charge in [-0.15, -0.1) is 0 Å². The van der Waals surface area contributed by atoms with E-state index in [4.69, 9.17) is 9.47 Å². The lowest BCUT2D eigenvalue weighted by Crippen LogP contribution is -2.25. The summed E-state index contributed by atoms with van der Waals surface area (Å²) < 4.78 is 10.6. The van der Waals surface area contributed by atoms with Crippen LogP contribution >= 0.6 is 0 Å². The van der Waals surface area contributed by atoms with Crippen molar-refractivity contribution in [1.82, 2.24) is 0 Å². The van der Waals surface area contributed by atoms with Crippen molar-refractivity contribution in [2.45, 2.75) is 12.1 Å². The molecule has 0 radical (unpaired) electrons. The number of nitrogens with one attached hydrogen (secondary N) is 1. The molecular formula is C18H17NO3. The summed E-state index contributed by atoms with van der Waals surface area (Å²) in [6.45, 7) is 0. The molecule has 2 unspecified atom stereocenters. The van der Waals surface area contributed by atoms with Gasteiger partial charge in [-0.25, -0.2) is 4.79 Å². The third-order valence-corrected chi connectivity index (χ3v) is 3.55. The number of benzene rings is 2. The highest BCUT2D eigenvalue weighted by Gasteiger charge is 2.27. The second-order valence-electron chi connectivity index (χ2n) is 5.03. The molecule has 0 fully saturated rings. The minimum atomic E-state index is -0.332. The number of methoxy groups -OCH3 is 1. The van der Waals surface area contributed by atoms with E-state index in [0.29, 0.717) is 0 Å². The molecule has 2 atom stereocenters. The van der Waals surface area contributed by atoms with Crippen molar-refractivity contribution in [3.05, 3.63) is 72.3 Å². The predicted molar refractivity (Wildman–Crippen MR) is 84.8 cm³/mol. The van der Waals surface area contributed by atoms with E-state index in [2.05, 4.69) is 5.32 Å². The van der Waals surface area contributed by atoms with E-state index in [1.54, 1.807) is 13.2 Å². The van der Waals surface area contributed by atoms with Gasteiger partial charge >= 0.3 is 5.97 Å². The van der Waals surface area contributed by atoms with Crippen LogP contribution in [0.3, 0.4) is 0 Å². The number of ether oxygens (including phenoxy) is 2. The molecule has 22 heavy (non-hydrogen) atoms. The maximum absolute atomic E-state index is 11.4. The summed E-state index contributed by atoms with van der Waals surface area (Å²) in [6.07, 6.45) is 2.92. The van der Waals surface area contributed by atoms with Crippen molar-refractivity contribution in [2.24, 2.45) is 0 Å². The molecule has 0 saturated heterocycles. The van der Waals surface area contributed by atoms with E-state index in [9.17, 15) is 4.79 Å². The SMILES string of the molecule is COc1cccc(NC(c2ccccc2)C2C=CC(=O)O2)c1. The fourth-order valence-electron chi connectivity index (χ4n) is 2.47. The van der Waals surface area contributed by atoms with Crippen LogP contribution in [0.2, 0.25) is 0 Å². The maximum Gasteiger partial charge on any atom is 0.331 e. The molecule has 1 N–H and O–H groups in total. The van der Waals surface area contributed by atoms with Gasteiger partial charge in [0.1, 0.15) is 11.9 Å². The highest BCUT2D eigenvalue weighted by Crippen LogP contribution is 2.29. The smallest absolute Gasteiger partial charge is 0.331 e. The fraction of sp³-hybridized carbons (Fsp3) is 0.167. The average Bonchev–Trinajstić information content (AvgIpc) is 3.00. The molecule has 1 heterocycles. The Morgan fingerprint density at radius 1 is 1.14 bits per heavy atom. The number of carbonyl (C=O) groups is 1. The molecule has 112 valence electrons. The number of cyclic esters (lactones) is 1. The molecule has 0 amide bonds. The van der Waals surface area contributed by atoms with Crippen LogP contribution in [0.4, 0.5) is 5.69 Å². The van der Waals surface area contributed by atoms with Gasteiger partial charge in [-0.05, 0) is 23.8 Å². The molecule has 0 aliphatic carbocycles. The zero-order chi connectivity index (χ0) is 15.4. The number of hydrogen-bond acceptors (Lipinski definition) is 4. The Morgan fingerprint density at radius 3 is 2.64 bits per heavy atom. The second kappa shape index (κ2) is 6.35. The predicted octanol–water partition coefficient (Wildman–Crippen LogP) is 3.33. The van der Waals surface area contributed by atoms with Crippen LogP contribution in [0.15, 0.2) is 66.7 Å². The summed E-state index contributed by atoms with van der Waals surface area (Å²) in [7, 11) is 1.63. The van der Waals surface area contributed by atoms with Crippen LogP contribution in [0.25, 0.3) is 0 Å². The Balaban J connectivity index is 1.88. The van der Waals surface area contributed by atoms with Crippen LogP contribution < -0.4 is 10.1 Å². The van der Waals surface area contributed by atoms with Gasteiger partial charge in [0.15, 0.2) is 0 Å². The van der Waals surface area contributed by atoms with Gasteiger partial charge in [-0.3, -0.25) is 0 Å². The van der Waals surface area contributed by atoms with Gasteiger partial charge in [-0.2, -0.15) is 0 Å². The molecule has 2 aromatic rings. The quantitative estimate of drug-likeness (QED) is 0.860. The molecule has 3 rings (SSSR count). The first-order valence-corrected chi connectivity index (χ1v) is 7.10. The maximum atomic E-state index is 11.4. The molecule has 4 nitrogen and oxygen atoms in total. The van der Waals surface area contributed by atoms with E-state index < -0.39 is 0 Å². The van der Waals surface area contributed by atoms with Gasteiger partial charge < -0.3 is 14.8 Å². The number of rotatable bonds is 5. The molecule has 0 bridgehead atoms. The highest BCUT2D eigenvalue weighted by atomic mass is 16.5. The minimum Gasteiger partial charge on any atom is -0.497 e. The van der Waals surface area contributed by atoms with Gasteiger partial charge in [-0.1, -0.05) is 36.4 Å². The highest BCUT2D eigenvalue weighted by molar-refractivity contribution is 5.84. The normalized spacial score (nSPS) is 17.9. The summed E-state index contributed by atoms with van der Waals surface area (Å²) in [4.78, 5) is 11.4. The molecule has 0 aromatic heterocycles. The van der Waals surface area contributed by atoms with Crippen molar-refractivity contribution < 1.29 is 14.3 Å². The summed E-state index contributed by atoms with van der Waals surface area (Å²) in [5.74, 6) is 0.467. The van der Waals surface area contributed by atoms with Crippen molar-refractivity contribution >= 4 is 11.7 Å². The Morgan fingerprint density at radius 2 is 1.95 bits per heavy atom. The Hall–Kier alpha value is -2.75. The standard InChI is InChI=1S/C18H17NO3/c1-21-15-9-5-8-14(12-15)19-18(13-6-3-2-4-7-13)16-10-11-17(20)22-16/h2-12,16,18-19H,1H3. The lowest BCUT2D eigenvalue weighted by molar-refractivity contribution is -0.139. The van der Waals surface area contributed by atoms with Crippen molar-refractivity contribution in [3.63, 3.8) is 0 Å². The van der Waals surface area contributed by atoms with Gasteiger partial charge in [0.2, 0.25) is 0 Å². The minimum absolute atomic E-state index is 0.156. The summed E-state index contributed by atoms with van der Waals surface area (Å²) in [6, 6.07) is 17.4. The van der Waals surface area contributed by atoms with Crippen LogP contribution in [0, 0.1) is 0 Å². The first-order valence-electron chi connectivity index (χ1n) is 7.10. The third-order valence-electron chi connectivity index (χ3n) is 3.55. The van der Waals surface area contributed by atoms with Crippen molar-refractivity contribution in [2.75, 3.05) is 12.4 Å². The molecular weight excluding hydrogens is 278 g/mol. The van der Waals surface area contributed by atoms with E-state index in [-0.39, 0.29) is 18.1 Å². The zero-order valence-corrected chi connectivity index (χ0v) is 12.2. The lowest BCUT2D eigenvalue weighted by atomic mass is 10.0. The Bertz CT molecular complexity index is 682. The zero-order valence-electron chi connectivity index (χ0n) is 12.2. The van der Waals surface area contributed by atoms with E-state index in [1.807, 2.05) is 54.6 Å². The van der Waals surface area contributed by atoms with Gasteiger partial charge in [0.05, 0.1) is 13.2 Å². The van der Waals surface area contributed by atoms with Crippen LogP contribution in [0.1, 0.15) is 11.6 Å². The molecule has 1 aliphatic rings. The third kappa shape index (κ3) is 3.11. The molecule has 1 aliphatic heterocycles. The summed E-state index contributed by atoms with van der Waals surface area (Å²) in [5, 5.41) is 3.42. The molecule has 2 aromatic carbocycles. The Kier molecular flexibility index (Phi) is 4.10. The van der Waals surface area contributed by atoms with E-state index in [0.717, 1.165) is 17.0 Å². The summed E-state index contributed by atoms with van der Waals surface area (Å²) in [5.41, 5.74) is 1.96. The van der Waals surface area contributed by atoms with Gasteiger partial charge in [0, 0.05) is 17.8 Å². The van der Waals surface area contributed by atoms with Crippen molar-refractivity contribution in [3.8, 4) is 5.75 Å². The van der Waals surface area contributed by atoms with Crippen LogP contribution in [-0.4, -0.2) is 19.2 Å². The number of hydrogen-bond donors (Lipinski definition) is 1. The van der Waals surface area contributed by atoms with Crippen LogP contribution in [-0.2, 0) is 9.53 Å².